The maximum absolute atomic E-state index is 12.8. The van der Waals surface area contributed by atoms with Crippen LogP contribution in [0.3, 0.4) is 0 Å². The van der Waals surface area contributed by atoms with Crippen molar-refractivity contribution in [3.63, 3.8) is 0 Å². The Balaban J connectivity index is 4.52. The number of carbonyl (C=O) groups is 3. The van der Waals surface area contributed by atoms with E-state index in [9.17, 15) is 14.4 Å². The Bertz CT molecular complexity index is 1410. The van der Waals surface area contributed by atoms with Crippen LogP contribution in [0.5, 0.6) is 0 Å². The van der Waals surface area contributed by atoms with E-state index in [4.69, 9.17) is 14.2 Å². The second-order valence-electron chi connectivity index (χ2n) is 18.1. The molecule has 0 N–H and O–H groups in total. The lowest BCUT2D eigenvalue weighted by Crippen LogP contribution is -2.30. The van der Waals surface area contributed by atoms with E-state index in [0.717, 1.165) is 109 Å². The number of allylic oxidation sites excluding steroid dienone is 17. The van der Waals surface area contributed by atoms with Crippen LogP contribution in [0.4, 0.5) is 0 Å². The lowest BCUT2D eigenvalue weighted by Gasteiger charge is -2.18. The number of carbonyl (C=O) groups excluding carboxylic acids is 3. The molecular formula is C62H102O6. The molecular weight excluding hydrogens is 841 g/mol. The quantitative estimate of drug-likeness (QED) is 0.0262. The second-order valence-corrected chi connectivity index (χ2v) is 18.1. The van der Waals surface area contributed by atoms with Gasteiger partial charge in [-0.25, -0.2) is 0 Å². The number of hydrogen-bond donors (Lipinski definition) is 0. The Kier molecular flexibility index (Phi) is 52.4. The van der Waals surface area contributed by atoms with Crippen molar-refractivity contribution < 1.29 is 28.6 Å². The molecule has 0 saturated carbocycles. The highest BCUT2D eigenvalue weighted by Crippen LogP contribution is 2.15. The highest BCUT2D eigenvalue weighted by atomic mass is 16.6. The fourth-order valence-electron chi connectivity index (χ4n) is 7.45. The molecule has 6 nitrogen and oxygen atoms in total. The van der Waals surface area contributed by atoms with Gasteiger partial charge in [-0.2, -0.15) is 0 Å². The summed E-state index contributed by atoms with van der Waals surface area (Å²) in [4.78, 5) is 38.1. The molecule has 0 rings (SSSR count). The number of hydrogen-bond acceptors (Lipinski definition) is 6. The fraction of sp³-hybridized carbons (Fsp3) is 0.661. The molecule has 386 valence electrons. The topological polar surface area (TPSA) is 78.9 Å². The molecule has 0 saturated heterocycles. The molecule has 0 aromatic rings. The number of esters is 3. The van der Waals surface area contributed by atoms with Gasteiger partial charge >= 0.3 is 17.9 Å². The number of rotatable bonds is 49. The van der Waals surface area contributed by atoms with Gasteiger partial charge in [0.05, 0.1) is 6.42 Å². The van der Waals surface area contributed by atoms with Crippen LogP contribution in [0.25, 0.3) is 0 Å². The van der Waals surface area contributed by atoms with Gasteiger partial charge in [-0.05, 0) is 83.5 Å². The summed E-state index contributed by atoms with van der Waals surface area (Å²) in [6.45, 7) is 6.31. The zero-order valence-electron chi connectivity index (χ0n) is 44.1. The van der Waals surface area contributed by atoms with Gasteiger partial charge in [0.1, 0.15) is 13.2 Å². The van der Waals surface area contributed by atoms with E-state index < -0.39 is 12.1 Å². The molecule has 0 aromatic carbocycles. The molecule has 1 unspecified atom stereocenters. The summed E-state index contributed by atoms with van der Waals surface area (Å²) < 4.78 is 16.7. The van der Waals surface area contributed by atoms with Crippen molar-refractivity contribution in [2.75, 3.05) is 13.2 Å². The molecule has 0 spiro atoms. The number of ether oxygens (including phenoxy) is 3. The predicted molar refractivity (Wildman–Crippen MR) is 293 cm³/mol. The summed E-state index contributed by atoms with van der Waals surface area (Å²) in [5.74, 6) is -1.07. The summed E-state index contributed by atoms with van der Waals surface area (Å²) in [6, 6.07) is 0. The third-order valence-corrected chi connectivity index (χ3v) is 11.6. The van der Waals surface area contributed by atoms with E-state index in [0.29, 0.717) is 6.42 Å². The van der Waals surface area contributed by atoms with Crippen LogP contribution in [0, 0.1) is 0 Å². The van der Waals surface area contributed by atoms with E-state index in [1.54, 1.807) is 6.08 Å². The molecule has 0 aliphatic heterocycles. The first-order valence-electron chi connectivity index (χ1n) is 27.9. The number of unbranched alkanes of at least 4 members (excludes halogenated alkanes) is 21. The average molecular weight is 943 g/mol. The first kappa shape index (κ1) is 64.1. The van der Waals surface area contributed by atoms with E-state index in [-0.39, 0.29) is 38.0 Å². The molecule has 0 fully saturated rings. The highest BCUT2D eigenvalue weighted by Gasteiger charge is 2.19. The maximum atomic E-state index is 12.8. The van der Waals surface area contributed by atoms with E-state index in [1.165, 1.54) is 96.3 Å². The van der Waals surface area contributed by atoms with Crippen molar-refractivity contribution in [1.82, 2.24) is 0 Å². The molecule has 0 aliphatic rings. The van der Waals surface area contributed by atoms with E-state index in [2.05, 4.69) is 118 Å². The SMILES string of the molecule is CC/C=C\C/C=C\C/C=C\C/C=C\C/C=C\CC(=O)OCC(COC(=O)CCCCCCCCCCCCCCCCCCCC)OC(=O)CCCCCC/C=C\C/C=C\C/C=C\C/C=C\CC. The molecule has 68 heavy (non-hydrogen) atoms. The smallest absolute Gasteiger partial charge is 0.309 e. The van der Waals surface area contributed by atoms with Gasteiger partial charge in [0.2, 0.25) is 0 Å². The summed E-state index contributed by atoms with van der Waals surface area (Å²) in [6.07, 6.45) is 75.3. The van der Waals surface area contributed by atoms with Crippen molar-refractivity contribution in [3.8, 4) is 0 Å². The second kappa shape index (κ2) is 55.7. The molecule has 0 heterocycles. The van der Waals surface area contributed by atoms with E-state index >= 15 is 0 Å². The first-order chi connectivity index (χ1) is 33.5. The third-order valence-electron chi connectivity index (χ3n) is 11.6. The normalized spacial score (nSPS) is 12.9. The zero-order valence-corrected chi connectivity index (χ0v) is 44.1. The summed E-state index contributed by atoms with van der Waals surface area (Å²) in [5.41, 5.74) is 0. The summed E-state index contributed by atoms with van der Waals surface area (Å²) >= 11 is 0. The monoisotopic (exact) mass is 943 g/mol. The molecule has 0 aromatic heterocycles. The lowest BCUT2D eigenvalue weighted by molar-refractivity contribution is -0.166. The third kappa shape index (κ3) is 53.0. The van der Waals surface area contributed by atoms with Gasteiger partial charge in [0.25, 0.3) is 0 Å². The van der Waals surface area contributed by atoms with Gasteiger partial charge in [-0.1, -0.05) is 252 Å². The lowest BCUT2D eigenvalue weighted by atomic mass is 10.0. The van der Waals surface area contributed by atoms with Gasteiger partial charge in [-0.15, -0.1) is 0 Å². The molecule has 0 aliphatic carbocycles. The Morgan fingerprint density at radius 1 is 0.324 bits per heavy atom. The van der Waals surface area contributed by atoms with Gasteiger partial charge in [-0.3, -0.25) is 14.4 Å². The minimum absolute atomic E-state index is 0.118. The Labute approximate surface area is 419 Å². The first-order valence-corrected chi connectivity index (χ1v) is 27.9. The van der Waals surface area contributed by atoms with E-state index in [1.807, 2.05) is 6.08 Å². The van der Waals surface area contributed by atoms with Crippen molar-refractivity contribution >= 4 is 17.9 Å². The van der Waals surface area contributed by atoms with Crippen molar-refractivity contribution in [2.45, 2.75) is 252 Å². The van der Waals surface area contributed by atoms with Crippen LogP contribution in [0.15, 0.2) is 109 Å². The molecule has 6 heteroatoms. The zero-order chi connectivity index (χ0) is 49.3. The maximum Gasteiger partial charge on any atom is 0.309 e. The molecule has 0 bridgehead atoms. The van der Waals surface area contributed by atoms with Crippen molar-refractivity contribution in [3.05, 3.63) is 109 Å². The van der Waals surface area contributed by atoms with Gasteiger partial charge in [0, 0.05) is 12.8 Å². The predicted octanol–water partition coefficient (Wildman–Crippen LogP) is 18.7. The minimum Gasteiger partial charge on any atom is -0.462 e. The Morgan fingerprint density at radius 3 is 1.03 bits per heavy atom. The van der Waals surface area contributed by atoms with Gasteiger partial charge < -0.3 is 14.2 Å². The highest BCUT2D eigenvalue weighted by molar-refractivity contribution is 5.72. The van der Waals surface area contributed by atoms with Crippen LogP contribution < -0.4 is 0 Å². The van der Waals surface area contributed by atoms with Crippen LogP contribution in [-0.4, -0.2) is 37.2 Å². The van der Waals surface area contributed by atoms with Crippen LogP contribution in [0.1, 0.15) is 245 Å². The Morgan fingerprint density at radius 2 is 0.632 bits per heavy atom. The Hall–Kier alpha value is -3.93. The standard InChI is InChI=1S/C62H102O6/c1-4-7-10-13-16-19-22-25-28-30-32-34-37-40-43-46-49-52-55-61(64)67-58-59(57-66-60(63)54-51-48-45-42-39-36-33-27-24-21-18-15-12-9-6-3)68-62(65)56-53-50-47-44-41-38-35-31-29-26-23-20-17-14-11-8-5-2/h8-9,11-12,17-18,20-21,26-27,29,33,35,38-39,42,48,51,59H,4-7,10,13-16,19,22-25,28,30-32,34,36-37,40-41,43-47,49-50,52-58H2,1-3H3/b11-8-,12-9-,20-17-,21-18-,29-26-,33-27-,38-35-,42-39-,51-48-. The summed E-state index contributed by atoms with van der Waals surface area (Å²) in [5, 5.41) is 0. The minimum atomic E-state index is -0.831. The largest absolute Gasteiger partial charge is 0.462 e. The van der Waals surface area contributed by atoms with Crippen molar-refractivity contribution in [2.24, 2.45) is 0 Å². The van der Waals surface area contributed by atoms with Crippen molar-refractivity contribution in [1.29, 1.82) is 0 Å². The van der Waals surface area contributed by atoms with Crippen LogP contribution in [-0.2, 0) is 28.6 Å². The fourth-order valence-corrected chi connectivity index (χ4v) is 7.45. The molecule has 0 radical (unpaired) electrons. The summed E-state index contributed by atoms with van der Waals surface area (Å²) in [7, 11) is 0. The van der Waals surface area contributed by atoms with Crippen LogP contribution in [0.2, 0.25) is 0 Å². The van der Waals surface area contributed by atoms with Crippen LogP contribution >= 0.6 is 0 Å². The average Bonchev–Trinajstić information content (AvgIpc) is 3.34. The van der Waals surface area contributed by atoms with Gasteiger partial charge in [0.15, 0.2) is 6.10 Å². The molecule has 1 atom stereocenters. The molecule has 0 amide bonds.